The smallest absolute Gasteiger partial charge is 0.416 e. The number of amides is 3. The molecule has 25 heavy (non-hydrogen) atoms. The van der Waals surface area contributed by atoms with Gasteiger partial charge in [0.25, 0.3) is 5.91 Å². The van der Waals surface area contributed by atoms with Crippen LogP contribution in [0.5, 0.6) is 5.75 Å². The van der Waals surface area contributed by atoms with Gasteiger partial charge in [-0.15, -0.1) is 0 Å². The normalized spacial score (nSPS) is 10.8. The van der Waals surface area contributed by atoms with E-state index in [1.807, 2.05) is 0 Å². The van der Waals surface area contributed by atoms with Gasteiger partial charge in [-0.2, -0.15) is 13.2 Å². The van der Waals surface area contributed by atoms with E-state index in [-0.39, 0.29) is 5.75 Å². The lowest BCUT2D eigenvalue weighted by atomic mass is 10.2. The third kappa shape index (κ3) is 5.72. The first-order valence-corrected chi connectivity index (χ1v) is 7.00. The van der Waals surface area contributed by atoms with E-state index in [2.05, 4.69) is 10.6 Å². The number of rotatable bonds is 5. The van der Waals surface area contributed by atoms with E-state index in [9.17, 15) is 22.8 Å². The fourth-order valence-corrected chi connectivity index (χ4v) is 1.93. The van der Waals surface area contributed by atoms with E-state index >= 15 is 0 Å². The Morgan fingerprint density at radius 2 is 1.64 bits per heavy atom. The van der Waals surface area contributed by atoms with Gasteiger partial charge in [0.2, 0.25) is 0 Å². The number of carbonyl (C=O) groups excluding carboxylic acids is 2. The number of ether oxygens (including phenoxy) is 1. The second kappa shape index (κ2) is 7.56. The largest absolute Gasteiger partial charge is 0.484 e. The topological polar surface area (TPSA) is 93.5 Å². The van der Waals surface area contributed by atoms with Crippen LogP contribution >= 0.6 is 0 Å². The lowest BCUT2D eigenvalue weighted by Gasteiger charge is -2.11. The van der Waals surface area contributed by atoms with Crippen molar-refractivity contribution >= 4 is 23.3 Å². The number of hydrogen-bond donors (Lipinski definition) is 3. The second-order valence-corrected chi connectivity index (χ2v) is 4.93. The van der Waals surface area contributed by atoms with Gasteiger partial charge < -0.3 is 21.1 Å². The van der Waals surface area contributed by atoms with Crippen molar-refractivity contribution in [1.82, 2.24) is 0 Å². The predicted octanol–water partition coefficient (Wildman–Crippen LogP) is 3.21. The van der Waals surface area contributed by atoms with Gasteiger partial charge >= 0.3 is 12.2 Å². The molecule has 0 atom stereocenters. The first-order valence-electron chi connectivity index (χ1n) is 7.00. The van der Waals surface area contributed by atoms with Crippen LogP contribution in [0.25, 0.3) is 0 Å². The number of carbonyl (C=O) groups is 2. The summed E-state index contributed by atoms with van der Waals surface area (Å²) in [4.78, 5) is 22.6. The van der Waals surface area contributed by atoms with Crippen LogP contribution in [0.1, 0.15) is 5.56 Å². The molecule has 0 fully saturated rings. The van der Waals surface area contributed by atoms with E-state index in [0.717, 1.165) is 12.1 Å². The Kier molecular flexibility index (Phi) is 5.48. The van der Waals surface area contributed by atoms with Gasteiger partial charge in [0.1, 0.15) is 5.75 Å². The van der Waals surface area contributed by atoms with Crippen molar-refractivity contribution in [3.63, 3.8) is 0 Å². The minimum Gasteiger partial charge on any atom is -0.484 e. The summed E-state index contributed by atoms with van der Waals surface area (Å²) < 4.78 is 42.9. The number of anilines is 2. The van der Waals surface area contributed by atoms with Crippen molar-refractivity contribution in [2.24, 2.45) is 5.73 Å². The lowest BCUT2D eigenvalue weighted by Crippen LogP contribution is -2.21. The minimum absolute atomic E-state index is 0.0749. The van der Waals surface area contributed by atoms with Gasteiger partial charge in [0, 0.05) is 11.4 Å². The van der Waals surface area contributed by atoms with Crippen LogP contribution in [0.15, 0.2) is 48.5 Å². The lowest BCUT2D eigenvalue weighted by molar-refractivity contribution is -0.137. The monoisotopic (exact) mass is 353 g/mol. The Bertz CT molecular complexity index is 778. The SMILES string of the molecule is NC(=O)Nc1cccc(NC(=O)COc2cccc(C(F)(F)F)c2)c1. The van der Waals surface area contributed by atoms with E-state index in [1.165, 1.54) is 18.2 Å². The third-order valence-electron chi connectivity index (χ3n) is 2.95. The third-order valence-corrected chi connectivity index (χ3v) is 2.95. The summed E-state index contributed by atoms with van der Waals surface area (Å²) in [7, 11) is 0. The minimum atomic E-state index is -4.49. The molecule has 0 aliphatic rings. The highest BCUT2D eigenvalue weighted by atomic mass is 19.4. The molecule has 0 bridgehead atoms. The molecular formula is C16H14F3N3O3. The first-order chi connectivity index (χ1) is 11.7. The maximum atomic E-state index is 12.6. The van der Waals surface area contributed by atoms with Gasteiger partial charge in [0.15, 0.2) is 6.61 Å². The van der Waals surface area contributed by atoms with Gasteiger partial charge in [-0.05, 0) is 36.4 Å². The van der Waals surface area contributed by atoms with Crippen LogP contribution in [0.2, 0.25) is 0 Å². The van der Waals surface area contributed by atoms with E-state index in [1.54, 1.807) is 18.2 Å². The van der Waals surface area contributed by atoms with E-state index < -0.39 is 30.3 Å². The van der Waals surface area contributed by atoms with Crippen molar-refractivity contribution in [3.8, 4) is 5.75 Å². The molecule has 132 valence electrons. The molecule has 3 amide bonds. The fraction of sp³-hybridized carbons (Fsp3) is 0.125. The van der Waals surface area contributed by atoms with Crippen LogP contribution in [0.3, 0.4) is 0 Å². The number of benzene rings is 2. The molecule has 0 saturated heterocycles. The molecule has 0 aliphatic carbocycles. The average molecular weight is 353 g/mol. The van der Waals surface area contributed by atoms with E-state index in [0.29, 0.717) is 11.4 Å². The van der Waals surface area contributed by atoms with Crippen molar-refractivity contribution in [2.75, 3.05) is 17.2 Å². The van der Waals surface area contributed by atoms with E-state index in [4.69, 9.17) is 10.5 Å². The Hall–Kier alpha value is -3.23. The predicted molar refractivity (Wildman–Crippen MR) is 85.2 cm³/mol. The second-order valence-electron chi connectivity index (χ2n) is 4.93. The van der Waals surface area contributed by atoms with Crippen LogP contribution in [-0.2, 0) is 11.0 Å². The molecule has 0 heterocycles. The number of urea groups is 1. The summed E-state index contributed by atoms with van der Waals surface area (Å²) in [6, 6.07) is 9.65. The Labute approximate surface area is 140 Å². The molecule has 9 heteroatoms. The van der Waals surface area contributed by atoms with Crippen LogP contribution in [0.4, 0.5) is 29.3 Å². The summed E-state index contributed by atoms with van der Waals surface area (Å²) in [5, 5.41) is 4.84. The van der Waals surface area contributed by atoms with Crippen molar-refractivity contribution < 1.29 is 27.5 Å². The highest BCUT2D eigenvalue weighted by molar-refractivity contribution is 5.93. The number of primary amides is 1. The standard InChI is InChI=1S/C16H14F3N3O3/c17-16(18,19)10-3-1-6-13(7-10)25-9-14(23)21-11-4-2-5-12(8-11)22-15(20)24/h1-8H,9H2,(H,21,23)(H3,20,22,24). The summed E-state index contributed by atoms with van der Waals surface area (Å²) in [6.45, 7) is -0.477. The number of alkyl halides is 3. The summed E-state index contributed by atoms with van der Waals surface area (Å²) in [5.74, 6) is -0.650. The van der Waals surface area contributed by atoms with Crippen LogP contribution < -0.4 is 21.1 Å². The summed E-state index contributed by atoms with van der Waals surface area (Å²) >= 11 is 0. The average Bonchev–Trinajstić information content (AvgIpc) is 2.52. The highest BCUT2D eigenvalue weighted by Crippen LogP contribution is 2.31. The molecule has 6 nitrogen and oxygen atoms in total. The van der Waals surface area contributed by atoms with Crippen molar-refractivity contribution in [2.45, 2.75) is 6.18 Å². The van der Waals surface area contributed by atoms with Gasteiger partial charge in [-0.3, -0.25) is 4.79 Å². The van der Waals surface area contributed by atoms with Crippen molar-refractivity contribution in [1.29, 1.82) is 0 Å². The fourth-order valence-electron chi connectivity index (χ4n) is 1.93. The maximum absolute atomic E-state index is 12.6. The Morgan fingerprint density at radius 1 is 1.00 bits per heavy atom. The molecule has 0 spiro atoms. The zero-order valence-corrected chi connectivity index (χ0v) is 12.8. The molecule has 4 N–H and O–H groups in total. The molecular weight excluding hydrogens is 339 g/mol. The number of halogens is 3. The van der Waals surface area contributed by atoms with Crippen molar-refractivity contribution in [3.05, 3.63) is 54.1 Å². The van der Waals surface area contributed by atoms with Gasteiger partial charge in [-0.25, -0.2) is 4.79 Å². The highest BCUT2D eigenvalue weighted by Gasteiger charge is 2.30. The molecule has 2 aromatic rings. The number of nitrogens with one attached hydrogen (secondary N) is 2. The molecule has 2 rings (SSSR count). The van der Waals surface area contributed by atoms with Crippen LogP contribution in [0, 0.1) is 0 Å². The summed E-state index contributed by atoms with van der Waals surface area (Å²) in [5.41, 5.74) is 4.87. The van der Waals surface area contributed by atoms with Crippen LogP contribution in [-0.4, -0.2) is 18.5 Å². The quantitative estimate of drug-likeness (QED) is 0.770. The zero-order chi connectivity index (χ0) is 18.4. The molecule has 0 saturated carbocycles. The molecule has 0 aromatic heterocycles. The maximum Gasteiger partial charge on any atom is 0.416 e. The number of nitrogens with two attached hydrogens (primary N) is 1. The molecule has 0 unspecified atom stereocenters. The van der Waals surface area contributed by atoms with Gasteiger partial charge in [-0.1, -0.05) is 12.1 Å². The Balaban J connectivity index is 1.94. The first kappa shape index (κ1) is 18.1. The molecule has 2 aromatic carbocycles. The summed E-state index contributed by atoms with van der Waals surface area (Å²) in [6.07, 6.45) is -4.49. The Morgan fingerprint density at radius 3 is 2.28 bits per heavy atom. The molecule has 0 radical (unpaired) electrons. The zero-order valence-electron chi connectivity index (χ0n) is 12.8. The van der Waals surface area contributed by atoms with Gasteiger partial charge in [0.05, 0.1) is 5.56 Å². The number of hydrogen-bond acceptors (Lipinski definition) is 3. The molecule has 0 aliphatic heterocycles.